The molecule has 4 nitrogen and oxygen atoms in total. The standard InChI is InChI=1S/C16H18N4/c1-6-14(11(3)17-5)15(7-2)13-8-9-16-19-18-12(4)20(16)10-13/h6-10H,1,5H2,2-4H3/b14-11+,15-7-. The predicted molar refractivity (Wildman–Crippen MR) is 83.8 cm³/mol. The fourth-order valence-electron chi connectivity index (χ4n) is 2.18. The fraction of sp³-hybridized carbons (Fsp3) is 0.188. The molecule has 20 heavy (non-hydrogen) atoms. The molecule has 4 heteroatoms. The highest BCUT2D eigenvalue weighted by atomic mass is 15.2. The van der Waals surface area contributed by atoms with Crippen LogP contribution >= 0.6 is 0 Å². The molecule has 0 spiro atoms. The smallest absolute Gasteiger partial charge is 0.160 e. The Morgan fingerprint density at radius 3 is 2.70 bits per heavy atom. The zero-order valence-electron chi connectivity index (χ0n) is 12.1. The summed E-state index contributed by atoms with van der Waals surface area (Å²) in [5, 5.41) is 8.16. The van der Waals surface area contributed by atoms with E-state index in [1.54, 1.807) is 0 Å². The number of hydrogen-bond donors (Lipinski definition) is 0. The Bertz CT molecular complexity index is 732. The van der Waals surface area contributed by atoms with Gasteiger partial charge in [0.05, 0.1) is 0 Å². The summed E-state index contributed by atoms with van der Waals surface area (Å²) in [7, 11) is 0. The summed E-state index contributed by atoms with van der Waals surface area (Å²) in [6, 6.07) is 3.98. The summed E-state index contributed by atoms with van der Waals surface area (Å²) in [4.78, 5) is 4.01. The molecule has 2 rings (SSSR count). The second kappa shape index (κ2) is 5.65. The highest BCUT2D eigenvalue weighted by Gasteiger charge is 2.09. The summed E-state index contributed by atoms with van der Waals surface area (Å²) in [5.41, 5.74) is 4.81. The van der Waals surface area contributed by atoms with Gasteiger partial charge in [-0.3, -0.25) is 9.39 Å². The first kappa shape index (κ1) is 13.9. The topological polar surface area (TPSA) is 42.5 Å². The van der Waals surface area contributed by atoms with Crippen molar-refractivity contribution < 1.29 is 0 Å². The maximum Gasteiger partial charge on any atom is 0.160 e. The maximum atomic E-state index is 4.09. The van der Waals surface area contributed by atoms with Crippen LogP contribution in [-0.4, -0.2) is 21.3 Å². The van der Waals surface area contributed by atoms with E-state index < -0.39 is 0 Å². The monoisotopic (exact) mass is 266 g/mol. The maximum absolute atomic E-state index is 4.09. The number of pyridine rings is 1. The van der Waals surface area contributed by atoms with Crippen LogP contribution in [0.4, 0.5) is 0 Å². The first-order valence-electron chi connectivity index (χ1n) is 6.40. The lowest BCUT2D eigenvalue weighted by atomic mass is 9.97. The highest BCUT2D eigenvalue weighted by molar-refractivity contribution is 5.82. The number of aromatic nitrogens is 3. The van der Waals surface area contributed by atoms with Gasteiger partial charge in [-0.25, -0.2) is 0 Å². The van der Waals surface area contributed by atoms with Gasteiger partial charge >= 0.3 is 0 Å². The van der Waals surface area contributed by atoms with E-state index in [0.717, 1.165) is 33.9 Å². The molecule has 0 saturated heterocycles. The molecule has 0 aliphatic heterocycles. The van der Waals surface area contributed by atoms with Gasteiger partial charge in [0.15, 0.2) is 5.65 Å². The number of allylic oxidation sites excluding steroid dienone is 5. The molecule has 0 aromatic carbocycles. The molecule has 2 aromatic rings. The average Bonchev–Trinajstić information content (AvgIpc) is 2.85. The van der Waals surface area contributed by atoms with Gasteiger partial charge in [0.1, 0.15) is 5.82 Å². The normalized spacial score (nSPS) is 13.2. The zero-order valence-corrected chi connectivity index (χ0v) is 12.1. The molecular formula is C16H18N4. The minimum absolute atomic E-state index is 0.837. The van der Waals surface area contributed by atoms with Crippen LogP contribution in [0.15, 0.2) is 53.3 Å². The predicted octanol–water partition coefficient (Wildman–Crippen LogP) is 3.60. The molecule has 0 radical (unpaired) electrons. The lowest BCUT2D eigenvalue weighted by Gasteiger charge is -2.11. The lowest BCUT2D eigenvalue weighted by molar-refractivity contribution is 1.00. The van der Waals surface area contributed by atoms with E-state index in [1.165, 1.54) is 0 Å². The van der Waals surface area contributed by atoms with E-state index in [2.05, 4.69) is 28.5 Å². The number of fused-ring (bicyclic) bond motifs is 1. The first-order valence-corrected chi connectivity index (χ1v) is 6.40. The van der Waals surface area contributed by atoms with Crippen LogP contribution < -0.4 is 0 Å². The van der Waals surface area contributed by atoms with E-state index in [0.29, 0.717) is 0 Å². The van der Waals surface area contributed by atoms with Crippen molar-refractivity contribution in [2.75, 3.05) is 0 Å². The minimum atomic E-state index is 0.837. The molecule has 0 amide bonds. The van der Waals surface area contributed by atoms with Crippen LogP contribution in [0.3, 0.4) is 0 Å². The highest BCUT2D eigenvalue weighted by Crippen LogP contribution is 2.27. The van der Waals surface area contributed by atoms with Crippen molar-refractivity contribution in [3.8, 4) is 0 Å². The molecule has 0 aliphatic carbocycles. The molecule has 0 aliphatic rings. The molecule has 0 unspecified atom stereocenters. The first-order chi connectivity index (χ1) is 9.62. The fourth-order valence-corrected chi connectivity index (χ4v) is 2.18. The third kappa shape index (κ3) is 2.32. The summed E-state index contributed by atoms with van der Waals surface area (Å²) < 4.78 is 1.97. The summed E-state index contributed by atoms with van der Waals surface area (Å²) >= 11 is 0. The average molecular weight is 266 g/mol. The van der Waals surface area contributed by atoms with Crippen molar-refractivity contribution in [1.82, 2.24) is 14.6 Å². The second-order valence-corrected chi connectivity index (χ2v) is 4.46. The van der Waals surface area contributed by atoms with Crippen LogP contribution in [0.2, 0.25) is 0 Å². The van der Waals surface area contributed by atoms with Crippen LogP contribution in [0.25, 0.3) is 11.2 Å². The summed E-state index contributed by atoms with van der Waals surface area (Å²) in [6.07, 6.45) is 5.88. The van der Waals surface area contributed by atoms with Crippen molar-refractivity contribution >= 4 is 17.9 Å². The van der Waals surface area contributed by atoms with Gasteiger partial charge in [-0.2, -0.15) is 0 Å². The van der Waals surface area contributed by atoms with E-state index >= 15 is 0 Å². The molecule has 0 saturated carbocycles. The largest absolute Gasteiger partial charge is 0.286 e. The van der Waals surface area contributed by atoms with Crippen molar-refractivity contribution in [3.05, 3.63) is 59.7 Å². The summed E-state index contributed by atoms with van der Waals surface area (Å²) in [5.74, 6) is 0.861. The zero-order chi connectivity index (χ0) is 14.7. The van der Waals surface area contributed by atoms with Crippen LogP contribution in [-0.2, 0) is 0 Å². The van der Waals surface area contributed by atoms with E-state index in [-0.39, 0.29) is 0 Å². The third-order valence-electron chi connectivity index (χ3n) is 3.29. The Balaban J connectivity index is 2.63. The summed E-state index contributed by atoms with van der Waals surface area (Å²) in [6.45, 7) is 13.3. The van der Waals surface area contributed by atoms with E-state index in [1.807, 2.05) is 55.7 Å². The molecule has 102 valence electrons. The van der Waals surface area contributed by atoms with Gasteiger partial charge < -0.3 is 0 Å². The number of nitrogens with zero attached hydrogens (tertiary/aromatic N) is 4. The quantitative estimate of drug-likeness (QED) is 0.626. The van der Waals surface area contributed by atoms with Gasteiger partial charge in [-0.05, 0) is 50.8 Å². The van der Waals surface area contributed by atoms with Gasteiger partial charge in [-0.1, -0.05) is 18.7 Å². The van der Waals surface area contributed by atoms with Gasteiger partial charge in [-0.15, -0.1) is 10.2 Å². The second-order valence-electron chi connectivity index (χ2n) is 4.46. The molecule has 0 bridgehead atoms. The molecule has 0 fully saturated rings. The van der Waals surface area contributed by atoms with Crippen molar-refractivity contribution in [2.24, 2.45) is 4.99 Å². The van der Waals surface area contributed by atoms with Crippen molar-refractivity contribution in [3.63, 3.8) is 0 Å². The third-order valence-corrected chi connectivity index (χ3v) is 3.29. The molecule has 2 heterocycles. The van der Waals surface area contributed by atoms with Gasteiger partial charge in [0, 0.05) is 17.5 Å². The van der Waals surface area contributed by atoms with Gasteiger partial charge in [0.25, 0.3) is 0 Å². The number of rotatable bonds is 4. The van der Waals surface area contributed by atoms with Crippen molar-refractivity contribution in [1.29, 1.82) is 0 Å². The van der Waals surface area contributed by atoms with Gasteiger partial charge in [0.2, 0.25) is 0 Å². The van der Waals surface area contributed by atoms with E-state index in [4.69, 9.17) is 0 Å². The van der Waals surface area contributed by atoms with E-state index in [9.17, 15) is 0 Å². The molecule has 2 aromatic heterocycles. The molecule has 0 atom stereocenters. The Labute approximate surface area is 118 Å². The van der Waals surface area contributed by atoms with Crippen LogP contribution in [0, 0.1) is 6.92 Å². The molecule has 0 N–H and O–H groups in total. The Kier molecular flexibility index (Phi) is 3.94. The number of aliphatic imine (C=N–C) groups is 1. The number of hydrogen-bond acceptors (Lipinski definition) is 3. The number of aryl methyl sites for hydroxylation is 1. The lowest BCUT2D eigenvalue weighted by Crippen LogP contribution is -1.95. The molecular weight excluding hydrogens is 248 g/mol. The Hall–Kier alpha value is -2.49. The van der Waals surface area contributed by atoms with Crippen LogP contribution in [0.1, 0.15) is 25.2 Å². The Morgan fingerprint density at radius 1 is 1.35 bits per heavy atom. The minimum Gasteiger partial charge on any atom is -0.286 e. The SMILES string of the molecule is C=CC(/C(=C\C)c1ccc2nnc(C)n2c1)=C(/C)N=C. The van der Waals surface area contributed by atoms with Crippen LogP contribution in [0.5, 0.6) is 0 Å². The van der Waals surface area contributed by atoms with Crippen molar-refractivity contribution in [2.45, 2.75) is 20.8 Å². The Morgan fingerprint density at radius 2 is 2.10 bits per heavy atom.